The van der Waals surface area contributed by atoms with Crippen molar-refractivity contribution in [2.45, 2.75) is 24.3 Å². The van der Waals surface area contributed by atoms with Gasteiger partial charge in [0.05, 0.1) is 23.8 Å². The first-order chi connectivity index (χ1) is 13.8. The third kappa shape index (κ3) is 5.65. The zero-order valence-corrected chi connectivity index (χ0v) is 18.4. The summed E-state index contributed by atoms with van der Waals surface area (Å²) >= 11 is 7.72. The highest BCUT2D eigenvalue weighted by molar-refractivity contribution is 8.00. The average Bonchev–Trinajstić information content (AvgIpc) is 3.02. The van der Waals surface area contributed by atoms with E-state index in [9.17, 15) is 18.0 Å². The van der Waals surface area contributed by atoms with Crippen molar-refractivity contribution in [3.63, 3.8) is 0 Å². The van der Waals surface area contributed by atoms with Gasteiger partial charge in [-0.1, -0.05) is 35.9 Å². The van der Waals surface area contributed by atoms with Crippen molar-refractivity contribution >= 4 is 55.8 Å². The van der Waals surface area contributed by atoms with Crippen LogP contribution < -0.4 is 5.32 Å². The van der Waals surface area contributed by atoms with E-state index in [2.05, 4.69) is 5.32 Å². The quantitative estimate of drug-likeness (QED) is 0.650. The highest BCUT2D eigenvalue weighted by Gasteiger charge is 2.29. The van der Waals surface area contributed by atoms with Crippen molar-refractivity contribution < 1.29 is 18.0 Å². The van der Waals surface area contributed by atoms with E-state index in [4.69, 9.17) is 11.6 Å². The van der Waals surface area contributed by atoms with Gasteiger partial charge in [-0.3, -0.25) is 9.59 Å². The van der Waals surface area contributed by atoms with Crippen molar-refractivity contribution in [3.8, 4) is 0 Å². The molecule has 1 saturated heterocycles. The second-order valence-electron chi connectivity index (χ2n) is 6.96. The minimum atomic E-state index is -3.06. The fourth-order valence-corrected chi connectivity index (χ4v) is 6.37. The van der Waals surface area contributed by atoms with Gasteiger partial charge in [-0.25, -0.2) is 8.42 Å². The average molecular weight is 455 g/mol. The molecule has 1 atom stereocenters. The first kappa shape index (κ1) is 21.9. The molecule has 1 fully saturated rings. The Labute approximate surface area is 179 Å². The molecule has 1 aliphatic heterocycles. The number of nitrogens with zero attached hydrogens (tertiary/aromatic N) is 1. The second kappa shape index (κ2) is 9.36. The van der Waals surface area contributed by atoms with E-state index in [1.54, 1.807) is 0 Å². The maximum atomic E-state index is 12.6. The summed E-state index contributed by atoms with van der Waals surface area (Å²) in [4.78, 5) is 27.3. The Hall–Kier alpha value is -1.77. The first-order valence-corrected chi connectivity index (χ1v) is 12.5. The highest BCUT2D eigenvalue weighted by atomic mass is 35.5. The Kier molecular flexibility index (Phi) is 7.08. The molecule has 0 saturated carbocycles. The summed E-state index contributed by atoms with van der Waals surface area (Å²) in [6.07, 6.45) is 0.422. The van der Waals surface area contributed by atoms with Crippen LogP contribution in [-0.4, -0.2) is 61.5 Å². The molecule has 1 N–H and O–H groups in total. The summed E-state index contributed by atoms with van der Waals surface area (Å²) in [5.74, 6) is -0.241. The molecule has 0 radical (unpaired) electrons. The molecule has 0 bridgehead atoms. The highest BCUT2D eigenvalue weighted by Crippen LogP contribution is 2.33. The lowest BCUT2D eigenvalue weighted by Crippen LogP contribution is -2.45. The van der Waals surface area contributed by atoms with Crippen LogP contribution in [0.2, 0.25) is 5.02 Å². The van der Waals surface area contributed by atoms with Crippen molar-refractivity contribution in [2.75, 3.05) is 30.3 Å². The van der Waals surface area contributed by atoms with Crippen molar-refractivity contribution in [1.82, 2.24) is 10.2 Å². The summed E-state index contributed by atoms with van der Waals surface area (Å²) < 4.78 is 23.0. The van der Waals surface area contributed by atoms with E-state index >= 15 is 0 Å². The van der Waals surface area contributed by atoms with Gasteiger partial charge < -0.3 is 10.2 Å². The fourth-order valence-electron chi connectivity index (χ4n) is 3.35. The Balaban J connectivity index is 1.58. The maximum absolute atomic E-state index is 12.6. The minimum absolute atomic E-state index is 0.0312. The minimum Gasteiger partial charge on any atom is -0.351 e. The van der Waals surface area contributed by atoms with Gasteiger partial charge in [0.1, 0.15) is 0 Å². The lowest BCUT2D eigenvalue weighted by molar-refractivity contribution is -0.134. The van der Waals surface area contributed by atoms with Crippen LogP contribution >= 0.6 is 23.4 Å². The summed E-state index contributed by atoms with van der Waals surface area (Å²) in [7, 11) is -3.06. The van der Waals surface area contributed by atoms with Crippen LogP contribution in [0.15, 0.2) is 41.3 Å². The lowest BCUT2D eigenvalue weighted by Gasteiger charge is -2.21. The molecule has 9 heteroatoms. The van der Waals surface area contributed by atoms with Gasteiger partial charge >= 0.3 is 0 Å². The van der Waals surface area contributed by atoms with Crippen molar-refractivity contribution in [2.24, 2.45) is 0 Å². The molecule has 2 aromatic carbocycles. The Bertz CT molecular complexity index is 1020. The van der Waals surface area contributed by atoms with E-state index in [0.29, 0.717) is 18.0 Å². The van der Waals surface area contributed by atoms with Gasteiger partial charge in [0.15, 0.2) is 9.84 Å². The molecule has 0 aromatic heterocycles. The number of likely N-dealkylation sites (N-methyl/N-ethyl adjacent to an activating group) is 1. The third-order valence-electron chi connectivity index (χ3n) is 4.83. The molecule has 6 nitrogen and oxygen atoms in total. The Morgan fingerprint density at radius 2 is 1.97 bits per heavy atom. The smallest absolute Gasteiger partial charge is 0.239 e. The number of benzene rings is 2. The van der Waals surface area contributed by atoms with E-state index < -0.39 is 9.84 Å². The zero-order valence-electron chi connectivity index (χ0n) is 16.1. The maximum Gasteiger partial charge on any atom is 0.239 e. The molecule has 3 rings (SSSR count). The number of thioether (sulfide) groups is 1. The van der Waals surface area contributed by atoms with Crippen molar-refractivity contribution in [3.05, 3.63) is 41.4 Å². The zero-order chi connectivity index (χ0) is 21.0. The van der Waals surface area contributed by atoms with Gasteiger partial charge in [-0.05, 0) is 30.9 Å². The van der Waals surface area contributed by atoms with E-state index in [0.717, 1.165) is 15.7 Å². The van der Waals surface area contributed by atoms with E-state index in [1.165, 1.54) is 16.7 Å². The van der Waals surface area contributed by atoms with Crippen molar-refractivity contribution in [1.29, 1.82) is 0 Å². The molecule has 2 aromatic rings. The van der Waals surface area contributed by atoms with E-state index in [-0.39, 0.29) is 41.7 Å². The first-order valence-electron chi connectivity index (χ1n) is 9.36. The predicted octanol–water partition coefficient (Wildman–Crippen LogP) is 2.74. The number of hydrogen-bond acceptors (Lipinski definition) is 5. The summed E-state index contributed by atoms with van der Waals surface area (Å²) in [5, 5.41) is 5.28. The van der Waals surface area contributed by atoms with Crippen LogP contribution in [-0.2, 0) is 19.4 Å². The number of halogens is 1. The normalized spacial score (nSPS) is 17.9. The third-order valence-corrected chi connectivity index (χ3v) is 7.96. The van der Waals surface area contributed by atoms with E-state index in [1.807, 2.05) is 43.3 Å². The van der Waals surface area contributed by atoms with Crippen LogP contribution in [0.3, 0.4) is 0 Å². The number of fused-ring (bicyclic) bond motifs is 1. The predicted molar refractivity (Wildman–Crippen MR) is 117 cm³/mol. The molecule has 1 aliphatic rings. The molecule has 0 aliphatic carbocycles. The number of rotatable bonds is 7. The van der Waals surface area contributed by atoms with Gasteiger partial charge in [0, 0.05) is 27.9 Å². The molecule has 2 amide bonds. The van der Waals surface area contributed by atoms with Crippen LogP contribution in [0.4, 0.5) is 0 Å². The van der Waals surface area contributed by atoms with Gasteiger partial charge in [0.2, 0.25) is 11.8 Å². The van der Waals surface area contributed by atoms with Crippen LogP contribution in [0.5, 0.6) is 0 Å². The Morgan fingerprint density at radius 3 is 2.62 bits per heavy atom. The fraction of sp³-hybridized carbons (Fsp3) is 0.400. The molecule has 0 unspecified atom stereocenters. The molecule has 29 heavy (non-hydrogen) atoms. The number of carbonyl (C=O) groups is 2. The Morgan fingerprint density at radius 1 is 1.24 bits per heavy atom. The van der Waals surface area contributed by atoms with Gasteiger partial charge in [-0.2, -0.15) is 0 Å². The topological polar surface area (TPSA) is 83.6 Å². The standard InChI is InChI=1S/C20H23ClN2O4S2/c1-2-23(11-18(24)22-15-9-10-29(26,27)13-15)19(25)12-28-17-8-4-6-14-5-3-7-16(21)20(14)17/h3-8,15H,2,9-13H2,1H3,(H,22,24)/t15-/m1/s1. The number of amides is 2. The van der Waals surface area contributed by atoms with Gasteiger partial charge in [-0.15, -0.1) is 11.8 Å². The number of nitrogens with one attached hydrogen (secondary N) is 1. The number of sulfone groups is 1. The summed E-state index contributed by atoms with van der Waals surface area (Å²) in [6, 6.07) is 11.1. The number of carbonyl (C=O) groups excluding carboxylic acids is 2. The molecular weight excluding hydrogens is 432 g/mol. The molecular formula is C20H23ClN2O4S2. The monoisotopic (exact) mass is 454 g/mol. The number of hydrogen-bond donors (Lipinski definition) is 1. The van der Waals surface area contributed by atoms with Crippen LogP contribution in [0, 0.1) is 0 Å². The molecule has 156 valence electrons. The second-order valence-corrected chi connectivity index (χ2v) is 10.6. The SMILES string of the molecule is CCN(CC(=O)N[C@@H]1CCS(=O)(=O)C1)C(=O)CSc1cccc2cccc(Cl)c12. The lowest BCUT2D eigenvalue weighted by atomic mass is 10.1. The molecule has 0 spiro atoms. The van der Waals surface area contributed by atoms with Crippen LogP contribution in [0.25, 0.3) is 10.8 Å². The van der Waals surface area contributed by atoms with Crippen LogP contribution in [0.1, 0.15) is 13.3 Å². The summed E-state index contributed by atoms with van der Waals surface area (Å²) in [6.45, 7) is 2.12. The van der Waals surface area contributed by atoms with Gasteiger partial charge in [0.25, 0.3) is 0 Å². The summed E-state index contributed by atoms with van der Waals surface area (Å²) in [5.41, 5.74) is 0. The molecule has 1 heterocycles. The largest absolute Gasteiger partial charge is 0.351 e.